The molecule has 88 valence electrons. The molecule has 1 atom stereocenters. The molecule has 0 bridgehead atoms. The first-order valence-electron chi connectivity index (χ1n) is 4.95. The van der Waals surface area contributed by atoms with Gasteiger partial charge in [0.05, 0.1) is 0 Å². The molecule has 0 saturated carbocycles. The number of primary amides is 1. The number of aromatic nitrogens is 2. The number of rotatable bonds is 4. The molecule has 0 saturated heterocycles. The van der Waals surface area contributed by atoms with Crippen molar-refractivity contribution in [3.8, 4) is 0 Å². The predicted octanol–water partition coefficient (Wildman–Crippen LogP) is 1.42. The number of hydrogen-bond acceptors (Lipinski definition) is 4. The number of amides is 1. The molecule has 1 aromatic rings. The van der Waals surface area contributed by atoms with Crippen molar-refractivity contribution in [1.29, 1.82) is 0 Å². The Morgan fingerprint density at radius 2 is 2.12 bits per heavy atom. The van der Waals surface area contributed by atoms with E-state index in [1.165, 1.54) is 0 Å². The van der Waals surface area contributed by atoms with Gasteiger partial charge in [0.15, 0.2) is 0 Å². The summed E-state index contributed by atoms with van der Waals surface area (Å²) in [5.74, 6) is 0.880. The average molecular weight is 243 g/mol. The van der Waals surface area contributed by atoms with Crippen LogP contribution in [0.3, 0.4) is 0 Å². The van der Waals surface area contributed by atoms with Crippen LogP contribution in [0.2, 0.25) is 5.15 Å². The molecule has 0 fully saturated rings. The summed E-state index contributed by atoms with van der Waals surface area (Å²) in [6.07, 6.45) is 0.250. The summed E-state index contributed by atoms with van der Waals surface area (Å²) in [6, 6.07) is -0.0819. The fourth-order valence-corrected chi connectivity index (χ4v) is 1.53. The van der Waals surface area contributed by atoms with Gasteiger partial charge in [0, 0.05) is 18.0 Å². The van der Waals surface area contributed by atoms with Crippen molar-refractivity contribution >= 4 is 23.3 Å². The topological polar surface area (TPSA) is 80.9 Å². The Bertz CT molecular complexity index is 408. The molecule has 0 aliphatic heterocycles. The third-order valence-electron chi connectivity index (χ3n) is 2.09. The van der Waals surface area contributed by atoms with Gasteiger partial charge in [-0.25, -0.2) is 9.97 Å². The fourth-order valence-electron chi connectivity index (χ4n) is 1.32. The van der Waals surface area contributed by atoms with Gasteiger partial charge in [-0.1, -0.05) is 11.6 Å². The van der Waals surface area contributed by atoms with E-state index in [0.29, 0.717) is 16.8 Å². The lowest BCUT2D eigenvalue weighted by molar-refractivity contribution is -0.118. The first kappa shape index (κ1) is 12.7. The highest BCUT2D eigenvalue weighted by Gasteiger charge is 2.11. The van der Waals surface area contributed by atoms with E-state index in [2.05, 4.69) is 15.3 Å². The van der Waals surface area contributed by atoms with Crippen LogP contribution in [0, 0.1) is 13.8 Å². The highest BCUT2D eigenvalue weighted by atomic mass is 35.5. The number of nitrogens with zero attached hydrogens (tertiary/aromatic N) is 2. The summed E-state index contributed by atoms with van der Waals surface area (Å²) in [7, 11) is 0. The highest BCUT2D eigenvalue weighted by molar-refractivity contribution is 6.30. The molecule has 3 N–H and O–H groups in total. The zero-order chi connectivity index (χ0) is 12.3. The minimum Gasteiger partial charge on any atom is -0.370 e. The normalized spacial score (nSPS) is 12.2. The molecule has 1 rings (SSSR count). The zero-order valence-electron chi connectivity index (χ0n) is 9.54. The Kier molecular flexibility index (Phi) is 4.06. The molecular weight excluding hydrogens is 228 g/mol. The number of nitrogens with one attached hydrogen (secondary N) is 1. The van der Waals surface area contributed by atoms with Crippen molar-refractivity contribution in [2.75, 3.05) is 5.32 Å². The van der Waals surface area contributed by atoms with E-state index in [1.807, 2.05) is 13.8 Å². The first-order valence-corrected chi connectivity index (χ1v) is 5.33. The van der Waals surface area contributed by atoms with Gasteiger partial charge in [-0.05, 0) is 20.8 Å². The van der Waals surface area contributed by atoms with E-state index in [1.54, 1.807) is 6.92 Å². The van der Waals surface area contributed by atoms with Gasteiger partial charge in [0.2, 0.25) is 5.91 Å². The molecular formula is C10H15ClN4O. The van der Waals surface area contributed by atoms with E-state index in [0.717, 1.165) is 5.56 Å². The summed E-state index contributed by atoms with van der Waals surface area (Å²) in [5, 5.41) is 3.50. The third kappa shape index (κ3) is 3.34. The molecule has 0 spiro atoms. The van der Waals surface area contributed by atoms with Crippen molar-refractivity contribution in [3.05, 3.63) is 16.5 Å². The summed E-state index contributed by atoms with van der Waals surface area (Å²) in [5.41, 5.74) is 5.87. The number of nitrogens with two attached hydrogens (primary N) is 1. The van der Waals surface area contributed by atoms with Crippen molar-refractivity contribution in [2.24, 2.45) is 5.73 Å². The van der Waals surface area contributed by atoms with Gasteiger partial charge in [-0.15, -0.1) is 0 Å². The number of halogens is 1. The Morgan fingerprint density at radius 1 is 1.50 bits per heavy atom. The van der Waals surface area contributed by atoms with Gasteiger partial charge in [-0.2, -0.15) is 0 Å². The Balaban J connectivity index is 2.84. The molecule has 5 nitrogen and oxygen atoms in total. The number of anilines is 1. The zero-order valence-corrected chi connectivity index (χ0v) is 10.3. The lowest BCUT2D eigenvalue weighted by atomic mass is 10.2. The summed E-state index contributed by atoms with van der Waals surface area (Å²) in [4.78, 5) is 19.0. The molecule has 1 aromatic heterocycles. The van der Waals surface area contributed by atoms with Crippen LogP contribution in [0.5, 0.6) is 0 Å². The van der Waals surface area contributed by atoms with Crippen LogP contribution in [0.4, 0.5) is 5.82 Å². The maximum absolute atomic E-state index is 10.7. The van der Waals surface area contributed by atoms with Crippen LogP contribution in [0.1, 0.15) is 24.7 Å². The van der Waals surface area contributed by atoms with E-state index in [9.17, 15) is 4.79 Å². The molecule has 6 heteroatoms. The number of carbonyl (C=O) groups excluding carboxylic acids is 1. The molecule has 16 heavy (non-hydrogen) atoms. The Hall–Kier alpha value is -1.36. The van der Waals surface area contributed by atoms with E-state index < -0.39 is 0 Å². The van der Waals surface area contributed by atoms with E-state index >= 15 is 0 Å². The average Bonchev–Trinajstić information content (AvgIpc) is 2.11. The van der Waals surface area contributed by atoms with Crippen LogP contribution in [0.25, 0.3) is 0 Å². The van der Waals surface area contributed by atoms with Crippen LogP contribution < -0.4 is 11.1 Å². The van der Waals surface area contributed by atoms with Crippen molar-refractivity contribution < 1.29 is 4.79 Å². The second-order valence-corrected chi connectivity index (χ2v) is 4.11. The largest absolute Gasteiger partial charge is 0.370 e. The fraction of sp³-hybridized carbons (Fsp3) is 0.500. The Morgan fingerprint density at radius 3 is 2.69 bits per heavy atom. The third-order valence-corrected chi connectivity index (χ3v) is 2.46. The monoisotopic (exact) mass is 242 g/mol. The number of aryl methyl sites for hydroxylation is 1. The van der Waals surface area contributed by atoms with Gasteiger partial charge >= 0.3 is 0 Å². The second kappa shape index (κ2) is 5.12. The summed E-state index contributed by atoms with van der Waals surface area (Å²) in [6.45, 7) is 5.44. The summed E-state index contributed by atoms with van der Waals surface area (Å²) < 4.78 is 0. The molecule has 1 amide bonds. The maximum atomic E-state index is 10.7. The highest BCUT2D eigenvalue weighted by Crippen LogP contribution is 2.20. The van der Waals surface area contributed by atoms with Gasteiger partial charge in [0.25, 0.3) is 0 Å². The van der Waals surface area contributed by atoms with Crippen LogP contribution in [-0.4, -0.2) is 21.9 Å². The standard InChI is InChI=1S/C10H15ClN4O/c1-5(4-8(12)16)13-10-6(2)9(11)14-7(3)15-10/h5H,4H2,1-3H3,(H2,12,16)(H,13,14,15). The van der Waals surface area contributed by atoms with Crippen molar-refractivity contribution in [2.45, 2.75) is 33.2 Å². The van der Waals surface area contributed by atoms with Crippen LogP contribution >= 0.6 is 11.6 Å². The first-order chi connectivity index (χ1) is 7.40. The van der Waals surface area contributed by atoms with Gasteiger partial charge < -0.3 is 11.1 Å². The minimum atomic E-state index is -0.352. The minimum absolute atomic E-state index is 0.0819. The lowest BCUT2D eigenvalue weighted by Crippen LogP contribution is -2.25. The SMILES string of the molecule is Cc1nc(Cl)c(C)c(NC(C)CC(N)=O)n1. The maximum Gasteiger partial charge on any atom is 0.219 e. The van der Waals surface area contributed by atoms with Crippen LogP contribution in [0.15, 0.2) is 0 Å². The summed E-state index contributed by atoms with van der Waals surface area (Å²) >= 11 is 5.93. The Labute approximate surface area is 99.4 Å². The lowest BCUT2D eigenvalue weighted by Gasteiger charge is -2.15. The molecule has 0 aliphatic carbocycles. The van der Waals surface area contributed by atoms with Crippen LogP contribution in [-0.2, 0) is 4.79 Å². The van der Waals surface area contributed by atoms with E-state index in [-0.39, 0.29) is 18.4 Å². The molecule has 0 aromatic carbocycles. The van der Waals surface area contributed by atoms with E-state index in [4.69, 9.17) is 17.3 Å². The second-order valence-electron chi connectivity index (χ2n) is 3.75. The molecule has 1 unspecified atom stereocenters. The number of hydrogen-bond donors (Lipinski definition) is 2. The van der Waals surface area contributed by atoms with Crippen molar-refractivity contribution in [3.63, 3.8) is 0 Å². The van der Waals surface area contributed by atoms with Gasteiger partial charge in [-0.3, -0.25) is 4.79 Å². The molecule has 1 heterocycles. The molecule has 0 aliphatic rings. The quantitative estimate of drug-likeness (QED) is 0.783. The van der Waals surface area contributed by atoms with Crippen molar-refractivity contribution in [1.82, 2.24) is 9.97 Å². The predicted molar refractivity (Wildman–Crippen MR) is 63.4 cm³/mol. The molecule has 0 radical (unpaired) electrons. The number of carbonyl (C=O) groups is 1. The smallest absolute Gasteiger partial charge is 0.219 e. The van der Waals surface area contributed by atoms with Gasteiger partial charge in [0.1, 0.15) is 16.8 Å².